The van der Waals surface area contributed by atoms with Gasteiger partial charge in [-0.2, -0.15) is 9.61 Å². The molecule has 8 nitrogen and oxygen atoms in total. The van der Waals surface area contributed by atoms with Gasteiger partial charge in [-0.05, 0) is 19.1 Å². The number of hydrogen-bond acceptors (Lipinski definition) is 7. The second-order valence-electron chi connectivity index (χ2n) is 4.87. The Morgan fingerprint density at radius 3 is 2.96 bits per heavy atom. The molecule has 24 heavy (non-hydrogen) atoms. The number of fused-ring (bicyclic) bond motifs is 1. The molecule has 0 saturated heterocycles. The molecule has 0 unspecified atom stereocenters. The number of carbonyl (C=O) groups excluding carboxylic acids is 2. The SMILES string of the molecule is CCOC(=O)c1ccccc1NC(=O)CCc1nn2cnnc2s1. The van der Waals surface area contributed by atoms with Gasteiger partial charge in [-0.3, -0.25) is 4.79 Å². The molecule has 0 radical (unpaired) electrons. The van der Waals surface area contributed by atoms with E-state index in [2.05, 4.69) is 20.6 Å². The molecule has 0 aliphatic carbocycles. The van der Waals surface area contributed by atoms with Crippen molar-refractivity contribution < 1.29 is 14.3 Å². The first kappa shape index (κ1) is 16.1. The zero-order chi connectivity index (χ0) is 16.9. The summed E-state index contributed by atoms with van der Waals surface area (Å²) in [6, 6.07) is 6.77. The van der Waals surface area contributed by atoms with E-state index in [1.54, 1.807) is 35.7 Å². The minimum Gasteiger partial charge on any atom is -0.462 e. The fourth-order valence-electron chi connectivity index (χ4n) is 2.11. The quantitative estimate of drug-likeness (QED) is 0.686. The number of nitrogens with zero attached hydrogens (tertiary/aromatic N) is 4. The van der Waals surface area contributed by atoms with Gasteiger partial charge in [0.25, 0.3) is 0 Å². The van der Waals surface area contributed by atoms with Gasteiger partial charge in [-0.1, -0.05) is 23.5 Å². The van der Waals surface area contributed by atoms with Crippen LogP contribution in [0.2, 0.25) is 0 Å². The van der Waals surface area contributed by atoms with Gasteiger partial charge in [0.1, 0.15) is 11.3 Å². The lowest BCUT2D eigenvalue weighted by atomic mass is 10.1. The third kappa shape index (κ3) is 3.57. The Morgan fingerprint density at radius 2 is 2.17 bits per heavy atom. The van der Waals surface area contributed by atoms with Crippen LogP contribution in [-0.2, 0) is 16.0 Å². The van der Waals surface area contributed by atoms with Crippen LogP contribution in [-0.4, -0.2) is 38.3 Å². The van der Waals surface area contributed by atoms with Gasteiger partial charge >= 0.3 is 5.97 Å². The van der Waals surface area contributed by atoms with Crippen molar-refractivity contribution in [3.8, 4) is 0 Å². The van der Waals surface area contributed by atoms with Crippen molar-refractivity contribution in [2.24, 2.45) is 0 Å². The number of para-hydroxylation sites is 1. The molecule has 0 bridgehead atoms. The maximum Gasteiger partial charge on any atom is 0.340 e. The Kier molecular flexibility index (Phi) is 4.80. The van der Waals surface area contributed by atoms with Crippen LogP contribution >= 0.6 is 11.3 Å². The molecule has 3 aromatic rings. The van der Waals surface area contributed by atoms with Crippen LogP contribution in [0.3, 0.4) is 0 Å². The van der Waals surface area contributed by atoms with Crippen molar-refractivity contribution >= 4 is 33.9 Å². The molecular formula is C15H15N5O3S. The Labute approximate surface area is 141 Å². The van der Waals surface area contributed by atoms with Crippen molar-refractivity contribution in [1.29, 1.82) is 0 Å². The molecule has 0 aliphatic heterocycles. The van der Waals surface area contributed by atoms with Crippen molar-refractivity contribution in [2.45, 2.75) is 19.8 Å². The molecule has 1 N–H and O–H groups in total. The number of aryl methyl sites for hydroxylation is 1. The minimum absolute atomic E-state index is 0.197. The minimum atomic E-state index is -0.456. The molecule has 9 heteroatoms. The molecule has 124 valence electrons. The summed E-state index contributed by atoms with van der Waals surface area (Å²) in [6.45, 7) is 2.02. The first-order valence-electron chi connectivity index (χ1n) is 7.39. The summed E-state index contributed by atoms with van der Waals surface area (Å²) in [5.41, 5.74) is 0.783. The maximum atomic E-state index is 12.2. The van der Waals surface area contributed by atoms with Gasteiger partial charge in [0.2, 0.25) is 10.9 Å². The summed E-state index contributed by atoms with van der Waals surface area (Å²) in [6.07, 6.45) is 2.26. The lowest BCUT2D eigenvalue weighted by molar-refractivity contribution is -0.116. The van der Waals surface area contributed by atoms with Crippen LogP contribution in [0.5, 0.6) is 0 Å². The Bertz CT molecular complexity index is 844. The standard InChI is InChI=1S/C15H15N5O3S/c1-2-23-14(22)10-5-3-4-6-11(10)17-12(21)7-8-13-19-20-9-16-18-15(20)24-13/h3-6,9H,2,7-8H2,1H3,(H,17,21). The lowest BCUT2D eigenvalue weighted by Gasteiger charge is -2.09. The number of nitrogens with one attached hydrogen (secondary N) is 1. The molecule has 2 aromatic heterocycles. The first-order chi connectivity index (χ1) is 11.7. The average Bonchev–Trinajstić information content (AvgIpc) is 3.15. The molecule has 0 aliphatic rings. The highest BCUT2D eigenvalue weighted by atomic mass is 32.1. The van der Waals surface area contributed by atoms with Gasteiger partial charge in [-0.15, -0.1) is 10.2 Å². The zero-order valence-electron chi connectivity index (χ0n) is 12.9. The highest BCUT2D eigenvalue weighted by Crippen LogP contribution is 2.18. The van der Waals surface area contributed by atoms with Gasteiger partial charge in [-0.25, -0.2) is 4.79 Å². The van der Waals surface area contributed by atoms with E-state index in [0.29, 0.717) is 22.6 Å². The molecule has 1 aromatic carbocycles. The van der Waals surface area contributed by atoms with Gasteiger partial charge < -0.3 is 10.1 Å². The van der Waals surface area contributed by atoms with Crippen LogP contribution in [0.1, 0.15) is 28.7 Å². The molecular weight excluding hydrogens is 330 g/mol. The Morgan fingerprint density at radius 1 is 1.33 bits per heavy atom. The third-order valence-electron chi connectivity index (χ3n) is 3.19. The lowest BCUT2D eigenvalue weighted by Crippen LogP contribution is -2.16. The van der Waals surface area contributed by atoms with Crippen LogP contribution in [0.4, 0.5) is 5.69 Å². The number of rotatable bonds is 6. The fraction of sp³-hybridized carbons (Fsp3) is 0.267. The summed E-state index contributed by atoms with van der Waals surface area (Å²) in [5, 5.41) is 15.5. The second kappa shape index (κ2) is 7.18. The largest absolute Gasteiger partial charge is 0.462 e. The van der Waals surface area contributed by atoms with E-state index in [9.17, 15) is 9.59 Å². The van der Waals surface area contributed by atoms with E-state index < -0.39 is 5.97 Å². The highest BCUT2D eigenvalue weighted by Gasteiger charge is 2.14. The van der Waals surface area contributed by atoms with E-state index in [1.807, 2.05) is 0 Å². The Hall–Kier alpha value is -2.81. The predicted octanol–water partition coefficient (Wildman–Crippen LogP) is 1.93. The molecule has 3 rings (SSSR count). The number of hydrogen-bond donors (Lipinski definition) is 1. The summed E-state index contributed by atoms with van der Waals surface area (Å²) in [5.74, 6) is -0.653. The van der Waals surface area contributed by atoms with Crippen LogP contribution in [0.15, 0.2) is 30.6 Å². The number of ether oxygens (including phenoxy) is 1. The van der Waals surface area contributed by atoms with Crippen LogP contribution in [0, 0.1) is 0 Å². The van der Waals surface area contributed by atoms with Gasteiger partial charge in [0, 0.05) is 12.8 Å². The number of amides is 1. The van der Waals surface area contributed by atoms with E-state index >= 15 is 0 Å². The van der Waals surface area contributed by atoms with Crippen molar-refractivity contribution in [3.63, 3.8) is 0 Å². The smallest absolute Gasteiger partial charge is 0.340 e. The monoisotopic (exact) mass is 345 g/mol. The van der Waals surface area contributed by atoms with E-state index in [1.165, 1.54) is 17.7 Å². The van der Waals surface area contributed by atoms with Crippen LogP contribution in [0.25, 0.3) is 4.96 Å². The fourth-order valence-corrected chi connectivity index (χ4v) is 2.93. The number of benzene rings is 1. The number of esters is 1. The second-order valence-corrected chi connectivity index (χ2v) is 5.91. The molecule has 1 amide bonds. The molecule has 0 atom stereocenters. The van der Waals surface area contributed by atoms with Gasteiger partial charge in [0.05, 0.1) is 17.9 Å². The summed E-state index contributed by atoms with van der Waals surface area (Å²) >= 11 is 1.39. The van der Waals surface area contributed by atoms with E-state index in [-0.39, 0.29) is 18.9 Å². The number of anilines is 1. The zero-order valence-corrected chi connectivity index (χ0v) is 13.7. The predicted molar refractivity (Wildman–Crippen MR) is 88.0 cm³/mol. The van der Waals surface area contributed by atoms with E-state index in [4.69, 9.17) is 4.74 Å². The molecule has 2 heterocycles. The summed E-state index contributed by atoms with van der Waals surface area (Å²) < 4.78 is 6.57. The van der Waals surface area contributed by atoms with Crippen molar-refractivity contribution in [3.05, 3.63) is 41.2 Å². The van der Waals surface area contributed by atoms with Crippen molar-refractivity contribution in [1.82, 2.24) is 19.8 Å². The highest BCUT2D eigenvalue weighted by molar-refractivity contribution is 7.16. The van der Waals surface area contributed by atoms with E-state index in [0.717, 1.165) is 5.01 Å². The third-order valence-corrected chi connectivity index (χ3v) is 4.16. The summed E-state index contributed by atoms with van der Waals surface area (Å²) in [4.78, 5) is 24.7. The number of carbonyl (C=O) groups is 2. The topological polar surface area (TPSA) is 98.5 Å². The molecule has 0 saturated carbocycles. The van der Waals surface area contributed by atoms with Crippen LogP contribution < -0.4 is 5.32 Å². The normalized spacial score (nSPS) is 10.7. The van der Waals surface area contributed by atoms with Crippen molar-refractivity contribution in [2.75, 3.05) is 11.9 Å². The number of aromatic nitrogens is 4. The Balaban J connectivity index is 1.62. The van der Waals surface area contributed by atoms with Gasteiger partial charge in [0.15, 0.2) is 0 Å². The first-order valence-corrected chi connectivity index (χ1v) is 8.20. The molecule has 0 spiro atoms. The summed E-state index contributed by atoms with van der Waals surface area (Å²) in [7, 11) is 0. The maximum absolute atomic E-state index is 12.2. The average molecular weight is 345 g/mol. The molecule has 0 fully saturated rings.